The highest BCUT2D eigenvalue weighted by molar-refractivity contribution is 8.14. The third kappa shape index (κ3) is 4.29. The Hall–Kier alpha value is -2.35. The summed E-state index contributed by atoms with van der Waals surface area (Å²) in [5, 5.41) is 3.62. The molecule has 2 heterocycles. The van der Waals surface area contributed by atoms with Gasteiger partial charge in [0.25, 0.3) is 5.91 Å². The number of nitrogens with zero attached hydrogens (tertiary/aromatic N) is 3. The Balaban J connectivity index is 1.47. The van der Waals surface area contributed by atoms with E-state index in [0.29, 0.717) is 18.0 Å². The summed E-state index contributed by atoms with van der Waals surface area (Å²) in [6, 6.07) is 5.80. The molecule has 32 heavy (non-hydrogen) atoms. The second-order valence-electron chi connectivity index (χ2n) is 9.10. The first kappa shape index (κ1) is 22.8. The summed E-state index contributed by atoms with van der Waals surface area (Å²) in [5.74, 6) is 0.552. The minimum atomic E-state index is -0.747. The van der Waals surface area contributed by atoms with E-state index >= 15 is 0 Å². The summed E-state index contributed by atoms with van der Waals surface area (Å²) >= 11 is 1.59. The van der Waals surface area contributed by atoms with E-state index in [9.17, 15) is 14.4 Å². The molecule has 1 saturated carbocycles. The fraction of sp³-hybridized carbons (Fsp3) is 0.583. The third-order valence-electron chi connectivity index (χ3n) is 6.79. The zero-order chi connectivity index (χ0) is 22.9. The molecule has 2 saturated heterocycles. The van der Waals surface area contributed by atoms with Crippen molar-refractivity contribution in [3.63, 3.8) is 0 Å². The molecule has 2 aliphatic heterocycles. The van der Waals surface area contributed by atoms with Gasteiger partial charge in [-0.3, -0.25) is 19.4 Å². The molecule has 4 amide bonds. The van der Waals surface area contributed by atoms with Crippen molar-refractivity contribution in [1.29, 1.82) is 0 Å². The van der Waals surface area contributed by atoms with Crippen LogP contribution >= 0.6 is 11.8 Å². The van der Waals surface area contributed by atoms with E-state index in [1.165, 1.54) is 10.5 Å². The molecule has 1 atom stereocenters. The Kier molecular flexibility index (Phi) is 6.60. The van der Waals surface area contributed by atoms with Crippen molar-refractivity contribution >= 4 is 40.5 Å². The molecular formula is C24H32N4O3S. The quantitative estimate of drug-likeness (QED) is 0.670. The summed E-state index contributed by atoms with van der Waals surface area (Å²) in [5.41, 5.74) is 2.36. The lowest BCUT2D eigenvalue weighted by Crippen LogP contribution is -2.48. The Morgan fingerprint density at radius 2 is 1.97 bits per heavy atom. The van der Waals surface area contributed by atoms with Crippen LogP contribution in [0.1, 0.15) is 63.0 Å². The van der Waals surface area contributed by atoms with Crippen LogP contribution in [0, 0.1) is 13.8 Å². The molecule has 0 radical (unpaired) electrons. The molecule has 1 aliphatic carbocycles. The monoisotopic (exact) mass is 456 g/mol. The number of thioether (sulfide) groups is 1. The van der Waals surface area contributed by atoms with Crippen LogP contribution in [0.3, 0.4) is 0 Å². The number of carbonyl (C=O) groups is 3. The minimum absolute atomic E-state index is 0.0739. The Bertz CT molecular complexity index is 955. The van der Waals surface area contributed by atoms with E-state index in [-0.39, 0.29) is 36.9 Å². The molecule has 172 valence electrons. The molecule has 3 aliphatic rings. The molecule has 3 fully saturated rings. The van der Waals surface area contributed by atoms with Crippen molar-refractivity contribution in [1.82, 2.24) is 15.1 Å². The number of urea groups is 1. The number of carbonyl (C=O) groups excluding carboxylic acids is 3. The standard InChI is InChI=1S/C24H32N4O3S/c1-4-18-15-32-23(25-19-9-8-16(2)14-17(19)3)28(18)20(29)10-13-27-21(30)24(26-22(27)31)11-6-5-7-12-24/h8-9,14,18H,4-7,10-13,15H2,1-3H3,(H,26,31)/t18-/m1/s1. The maximum absolute atomic E-state index is 13.3. The summed E-state index contributed by atoms with van der Waals surface area (Å²) in [6.07, 6.45) is 5.30. The van der Waals surface area contributed by atoms with Crippen molar-refractivity contribution in [2.45, 2.75) is 77.3 Å². The zero-order valence-electron chi connectivity index (χ0n) is 19.1. The lowest BCUT2D eigenvalue weighted by atomic mass is 9.82. The molecule has 1 aromatic carbocycles. The van der Waals surface area contributed by atoms with Gasteiger partial charge in [-0.15, -0.1) is 0 Å². The molecule has 1 N–H and O–H groups in total. The SMILES string of the molecule is CC[C@@H]1CSC(=Nc2ccc(C)cc2C)N1C(=O)CCN1C(=O)NC2(CCCCC2)C1=O. The minimum Gasteiger partial charge on any atom is -0.323 e. The molecule has 0 bridgehead atoms. The third-order valence-corrected chi connectivity index (χ3v) is 7.88. The molecule has 4 rings (SSSR count). The van der Waals surface area contributed by atoms with E-state index < -0.39 is 5.54 Å². The van der Waals surface area contributed by atoms with Crippen molar-refractivity contribution in [2.75, 3.05) is 12.3 Å². The predicted octanol–water partition coefficient (Wildman–Crippen LogP) is 4.29. The van der Waals surface area contributed by atoms with Crippen LogP contribution < -0.4 is 5.32 Å². The Morgan fingerprint density at radius 3 is 2.66 bits per heavy atom. The first-order valence-electron chi connectivity index (χ1n) is 11.6. The molecule has 1 aromatic rings. The van der Waals surface area contributed by atoms with Gasteiger partial charge >= 0.3 is 6.03 Å². The van der Waals surface area contributed by atoms with Crippen molar-refractivity contribution in [2.24, 2.45) is 4.99 Å². The van der Waals surface area contributed by atoms with Gasteiger partial charge < -0.3 is 5.32 Å². The predicted molar refractivity (Wildman–Crippen MR) is 127 cm³/mol. The van der Waals surface area contributed by atoms with Gasteiger partial charge in [-0.25, -0.2) is 9.79 Å². The van der Waals surface area contributed by atoms with Crippen LogP contribution in [0.15, 0.2) is 23.2 Å². The molecule has 1 spiro atoms. The maximum atomic E-state index is 13.3. The number of imide groups is 1. The molecule has 8 heteroatoms. The normalized spacial score (nSPS) is 24.0. The van der Waals surface area contributed by atoms with Crippen molar-refractivity contribution < 1.29 is 14.4 Å². The van der Waals surface area contributed by atoms with Crippen LogP contribution in [0.5, 0.6) is 0 Å². The fourth-order valence-electron chi connectivity index (χ4n) is 4.90. The number of amides is 4. The number of benzene rings is 1. The van der Waals surface area contributed by atoms with E-state index in [1.54, 1.807) is 16.7 Å². The van der Waals surface area contributed by atoms with Crippen LogP contribution in [-0.4, -0.2) is 56.7 Å². The number of aliphatic imine (C=N–C) groups is 1. The number of amidine groups is 1. The van der Waals surface area contributed by atoms with Gasteiger partial charge in [0.05, 0.1) is 5.69 Å². The number of hydrogen-bond acceptors (Lipinski definition) is 5. The lowest BCUT2D eigenvalue weighted by Gasteiger charge is -2.30. The largest absolute Gasteiger partial charge is 0.325 e. The first-order valence-corrected chi connectivity index (χ1v) is 12.6. The van der Waals surface area contributed by atoms with Gasteiger partial charge in [0, 0.05) is 24.8 Å². The zero-order valence-corrected chi connectivity index (χ0v) is 20.0. The number of nitrogens with one attached hydrogen (secondary N) is 1. The van der Waals surface area contributed by atoms with Crippen LogP contribution in [0.4, 0.5) is 10.5 Å². The Morgan fingerprint density at radius 1 is 1.22 bits per heavy atom. The van der Waals surface area contributed by atoms with Gasteiger partial charge in [0.1, 0.15) is 5.54 Å². The highest BCUT2D eigenvalue weighted by Crippen LogP contribution is 2.34. The number of rotatable bonds is 5. The summed E-state index contributed by atoms with van der Waals surface area (Å²) < 4.78 is 0. The average molecular weight is 457 g/mol. The van der Waals surface area contributed by atoms with E-state index in [1.807, 2.05) is 26.0 Å². The molecule has 0 aromatic heterocycles. The van der Waals surface area contributed by atoms with E-state index in [0.717, 1.165) is 42.7 Å². The van der Waals surface area contributed by atoms with Gasteiger partial charge in [0.2, 0.25) is 5.91 Å². The van der Waals surface area contributed by atoms with E-state index in [2.05, 4.69) is 18.3 Å². The highest BCUT2D eigenvalue weighted by atomic mass is 32.2. The van der Waals surface area contributed by atoms with Gasteiger partial charge in [-0.1, -0.05) is 55.6 Å². The first-order chi connectivity index (χ1) is 15.3. The van der Waals surface area contributed by atoms with Crippen molar-refractivity contribution in [3.05, 3.63) is 29.3 Å². The molecule has 0 unspecified atom stereocenters. The van der Waals surface area contributed by atoms with Crippen LogP contribution in [-0.2, 0) is 9.59 Å². The molecule has 7 nitrogen and oxygen atoms in total. The average Bonchev–Trinajstić information content (AvgIpc) is 3.27. The van der Waals surface area contributed by atoms with Gasteiger partial charge in [0.15, 0.2) is 5.17 Å². The smallest absolute Gasteiger partial charge is 0.323 e. The Labute approximate surface area is 194 Å². The fourth-order valence-corrected chi connectivity index (χ4v) is 6.18. The number of hydrogen-bond donors (Lipinski definition) is 1. The number of aryl methyl sites for hydroxylation is 2. The second-order valence-corrected chi connectivity index (χ2v) is 10.1. The molecular weight excluding hydrogens is 424 g/mol. The summed E-state index contributed by atoms with van der Waals surface area (Å²) in [6.45, 7) is 6.24. The van der Waals surface area contributed by atoms with Crippen LogP contribution in [0.2, 0.25) is 0 Å². The van der Waals surface area contributed by atoms with Crippen LogP contribution in [0.25, 0.3) is 0 Å². The topological polar surface area (TPSA) is 82.1 Å². The van der Waals surface area contributed by atoms with Gasteiger partial charge in [-0.05, 0) is 44.7 Å². The van der Waals surface area contributed by atoms with Gasteiger partial charge in [-0.2, -0.15) is 0 Å². The lowest BCUT2D eigenvalue weighted by molar-refractivity contribution is -0.133. The summed E-state index contributed by atoms with van der Waals surface area (Å²) in [7, 11) is 0. The van der Waals surface area contributed by atoms with E-state index in [4.69, 9.17) is 4.99 Å². The second kappa shape index (κ2) is 9.25. The maximum Gasteiger partial charge on any atom is 0.325 e. The summed E-state index contributed by atoms with van der Waals surface area (Å²) in [4.78, 5) is 46.6. The van der Waals surface area contributed by atoms with Crippen molar-refractivity contribution in [3.8, 4) is 0 Å². The highest BCUT2D eigenvalue weighted by Gasteiger charge is 2.51.